The molecule has 0 aliphatic carbocycles. The first kappa shape index (κ1) is 12.8. The van der Waals surface area contributed by atoms with Crippen molar-refractivity contribution in [2.75, 3.05) is 32.1 Å². The molecule has 2 heterocycles. The fourth-order valence-corrected chi connectivity index (χ4v) is 2.95. The number of piperazine rings is 1. The molecule has 0 spiro atoms. The molecule has 5 heteroatoms. The van der Waals surface area contributed by atoms with Gasteiger partial charge in [0.25, 0.3) is 0 Å². The molecule has 1 aliphatic heterocycles. The zero-order valence-electron chi connectivity index (χ0n) is 11.1. The molecule has 96 valence electrons. The molecular formula is C12H22N4S. The molecule has 1 N–H and O–H groups in total. The van der Waals surface area contributed by atoms with Crippen LogP contribution in [0.15, 0.2) is 6.20 Å². The number of hydrogen-bond acceptors (Lipinski definition) is 5. The van der Waals surface area contributed by atoms with E-state index in [4.69, 9.17) is 0 Å². The van der Waals surface area contributed by atoms with Gasteiger partial charge in [-0.05, 0) is 13.8 Å². The van der Waals surface area contributed by atoms with Crippen LogP contribution in [-0.2, 0) is 6.54 Å². The summed E-state index contributed by atoms with van der Waals surface area (Å²) in [6.07, 6.45) is 2.01. The minimum Gasteiger partial charge on any atom is -0.354 e. The van der Waals surface area contributed by atoms with Crippen LogP contribution in [0, 0.1) is 0 Å². The molecule has 0 radical (unpaired) electrons. The minimum atomic E-state index is 0.590. The van der Waals surface area contributed by atoms with Gasteiger partial charge in [0.1, 0.15) is 0 Å². The average Bonchev–Trinajstić information content (AvgIpc) is 2.72. The van der Waals surface area contributed by atoms with E-state index in [1.807, 2.05) is 20.3 Å². The summed E-state index contributed by atoms with van der Waals surface area (Å²) in [6, 6.07) is 1.20. The zero-order valence-corrected chi connectivity index (χ0v) is 11.9. The maximum atomic E-state index is 4.43. The highest BCUT2D eigenvalue weighted by molar-refractivity contribution is 7.15. The lowest BCUT2D eigenvalue weighted by Crippen LogP contribution is -2.53. The van der Waals surface area contributed by atoms with Crippen LogP contribution >= 0.6 is 11.3 Å². The van der Waals surface area contributed by atoms with Crippen LogP contribution in [0.5, 0.6) is 0 Å². The first-order chi connectivity index (χ1) is 8.06. The largest absolute Gasteiger partial charge is 0.354 e. The van der Waals surface area contributed by atoms with Gasteiger partial charge in [0.05, 0.1) is 0 Å². The highest BCUT2D eigenvalue weighted by Gasteiger charge is 2.22. The van der Waals surface area contributed by atoms with Gasteiger partial charge < -0.3 is 10.2 Å². The zero-order chi connectivity index (χ0) is 12.4. The van der Waals surface area contributed by atoms with E-state index < -0.39 is 0 Å². The SMILES string of the molecule is CC1CN(Cc2cnc(N(C)C)s2)C(C)CN1. The highest BCUT2D eigenvalue weighted by atomic mass is 32.1. The van der Waals surface area contributed by atoms with Crippen molar-refractivity contribution in [3.8, 4) is 0 Å². The number of hydrogen-bond donors (Lipinski definition) is 1. The minimum absolute atomic E-state index is 0.590. The third kappa shape index (κ3) is 3.18. The Bertz CT molecular complexity index is 363. The molecule has 1 fully saturated rings. The van der Waals surface area contributed by atoms with Gasteiger partial charge in [0.2, 0.25) is 0 Å². The van der Waals surface area contributed by atoms with Crippen LogP contribution < -0.4 is 10.2 Å². The lowest BCUT2D eigenvalue weighted by atomic mass is 10.1. The number of anilines is 1. The molecule has 2 atom stereocenters. The van der Waals surface area contributed by atoms with Gasteiger partial charge in [0.15, 0.2) is 5.13 Å². The molecule has 0 saturated carbocycles. The summed E-state index contributed by atoms with van der Waals surface area (Å²) >= 11 is 1.79. The van der Waals surface area contributed by atoms with Crippen LogP contribution in [0.3, 0.4) is 0 Å². The normalized spacial score (nSPS) is 26.1. The second-order valence-corrected chi connectivity index (χ2v) is 6.18. The molecule has 1 saturated heterocycles. The average molecular weight is 254 g/mol. The topological polar surface area (TPSA) is 31.4 Å². The summed E-state index contributed by atoms with van der Waals surface area (Å²) in [5.74, 6) is 0. The standard InChI is InChI=1S/C12H22N4S/c1-9-7-16(10(2)5-13-9)8-11-6-14-12(17-11)15(3)4/h6,9-10,13H,5,7-8H2,1-4H3. The fourth-order valence-electron chi connectivity index (χ4n) is 2.09. The monoisotopic (exact) mass is 254 g/mol. The summed E-state index contributed by atoms with van der Waals surface area (Å²) in [5.41, 5.74) is 0. The van der Waals surface area contributed by atoms with Crippen molar-refractivity contribution < 1.29 is 0 Å². The van der Waals surface area contributed by atoms with Gasteiger partial charge in [-0.25, -0.2) is 4.98 Å². The van der Waals surface area contributed by atoms with Crippen LogP contribution in [0.2, 0.25) is 0 Å². The van der Waals surface area contributed by atoms with Crippen molar-refractivity contribution in [2.45, 2.75) is 32.5 Å². The molecule has 4 nitrogen and oxygen atoms in total. The summed E-state index contributed by atoms with van der Waals surface area (Å²) in [5, 5.41) is 4.60. The van der Waals surface area contributed by atoms with Crippen molar-refractivity contribution in [3.63, 3.8) is 0 Å². The summed E-state index contributed by atoms with van der Waals surface area (Å²) in [6.45, 7) is 7.76. The van der Waals surface area contributed by atoms with Crippen molar-refractivity contribution in [2.24, 2.45) is 0 Å². The van der Waals surface area contributed by atoms with Crippen molar-refractivity contribution >= 4 is 16.5 Å². The van der Waals surface area contributed by atoms with E-state index in [1.165, 1.54) is 4.88 Å². The maximum absolute atomic E-state index is 4.43. The number of aromatic nitrogens is 1. The maximum Gasteiger partial charge on any atom is 0.185 e. The van der Waals surface area contributed by atoms with E-state index in [1.54, 1.807) is 11.3 Å². The third-order valence-electron chi connectivity index (χ3n) is 3.18. The van der Waals surface area contributed by atoms with Crippen LogP contribution in [0.4, 0.5) is 5.13 Å². The van der Waals surface area contributed by atoms with E-state index in [0.29, 0.717) is 12.1 Å². The van der Waals surface area contributed by atoms with Gasteiger partial charge >= 0.3 is 0 Å². The van der Waals surface area contributed by atoms with E-state index in [0.717, 1.165) is 24.8 Å². The number of thiazole rings is 1. The summed E-state index contributed by atoms with van der Waals surface area (Å²) in [4.78, 5) is 10.4. The van der Waals surface area contributed by atoms with Crippen LogP contribution in [0.1, 0.15) is 18.7 Å². The van der Waals surface area contributed by atoms with Crippen LogP contribution in [-0.4, -0.2) is 49.2 Å². The van der Waals surface area contributed by atoms with Gasteiger partial charge in [-0.3, -0.25) is 4.90 Å². The predicted octanol–water partition coefficient (Wildman–Crippen LogP) is 1.39. The fraction of sp³-hybridized carbons (Fsp3) is 0.750. The Balaban J connectivity index is 1.98. The third-order valence-corrected chi connectivity index (χ3v) is 4.33. The molecule has 2 unspecified atom stereocenters. The van der Waals surface area contributed by atoms with Gasteiger partial charge in [-0.1, -0.05) is 0 Å². The molecule has 1 aromatic rings. The van der Waals surface area contributed by atoms with Gasteiger partial charge in [0, 0.05) is 56.9 Å². The second kappa shape index (κ2) is 5.33. The molecule has 1 aliphatic rings. The Morgan fingerprint density at radius 1 is 1.53 bits per heavy atom. The molecule has 2 rings (SSSR count). The quantitative estimate of drug-likeness (QED) is 0.883. The second-order valence-electron chi connectivity index (χ2n) is 5.09. The first-order valence-electron chi connectivity index (χ1n) is 6.15. The number of nitrogens with one attached hydrogen (secondary N) is 1. The predicted molar refractivity (Wildman–Crippen MR) is 73.8 cm³/mol. The molecule has 1 aromatic heterocycles. The van der Waals surface area contributed by atoms with E-state index in [2.05, 4.69) is 33.9 Å². The lowest BCUT2D eigenvalue weighted by Gasteiger charge is -2.37. The van der Waals surface area contributed by atoms with Crippen molar-refractivity contribution in [1.29, 1.82) is 0 Å². The molecular weight excluding hydrogens is 232 g/mol. The number of nitrogens with zero attached hydrogens (tertiary/aromatic N) is 3. The van der Waals surface area contributed by atoms with Crippen molar-refractivity contribution in [1.82, 2.24) is 15.2 Å². The van der Waals surface area contributed by atoms with Crippen LogP contribution in [0.25, 0.3) is 0 Å². The molecule has 0 amide bonds. The highest BCUT2D eigenvalue weighted by Crippen LogP contribution is 2.23. The van der Waals surface area contributed by atoms with Crippen molar-refractivity contribution in [3.05, 3.63) is 11.1 Å². The number of rotatable bonds is 3. The summed E-state index contributed by atoms with van der Waals surface area (Å²) in [7, 11) is 4.08. The molecule has 0 bridgehead atoms. The Morgan fingerprint density at radius 2 is 2.29 bits per heavy atom. The first-order valence-corrected chi connectivity index (χ1v) is 6.97. The summed E-state index contributed by atoms with van der Waals surface area (Å²) < 4.78 is 0. The van der Waals surface area contributed by atoms with E-state index in [9.17, 15) is 0 Å². The van der Waals surface area contributed by atoms with E-state index >= 15 is 0 Å². The Morgan fingerprint density at radius 3 is 2.94 bits per heavy atom. The van der Waals surface area contributed by atoms with Gasteiger partial charge in [-0.15, -0.1) is 11.3 Å². The van der Waals surface area contributed by atoms with E-state index in [-0.39, 0.29) is 0 Å². The Kier molecular flexibility index (Phi) is 4.01. The lowest BCUT2D eigenvalue weighted by molar-refractivity contribution is 0.140. The smallest absolute Gasteiger partial charge is 0.185 e. The molecule has 17 heavy (non-hydrogen) atoms. The molecule has 0 aromatic carbocycles. The van der Waals surface area contributed by atoms with Gasteiger partial charge in [-0.2, -0.15) is 0 Å². The Labute approximate surface area is 108 Å². The Hall–Kier alpha value is -0.650.